The number of esters is 1. The highest BCUT2D eigenvalue weighted by molar-refractivity contribution is 5.87. The first-order valence-corrected chi connectivity index (χ1v) is 10.9. The van der Waals surface area contributed by atoms with Gasteiger partial charge in [-0.1, -0.05) is 13.8 Å². The molecule has 0 amide bonds. The van der Waals surface area contributed by atoms with Crippen LogP contribution in [0.2, 0.25) is 0 Å². The molecule has 8 atom stereocenters. The fourth-order valence-electron chi connectivity index (χ4n) is 8.04. The summed E-state index contributed by atoms with van der Waals surface area (Å²) in [6.07, 6.45) is 7.64. The van der Waals surface area contributed by atoms with Crippen LogP contribution in [-0.2, 0) is 19.1 Å². The Labute approximate surface area is 162 Å². The average Bonchev–Trinajstić information content (AvgIpc) is 2.91. The Bertz CT molecular complexity index is 669. The van der Waals surface area contributed by atoms with E-state index in [9.17, 15) is 14.4 Å². The van der Waals surface area contributed by atoms with Crippen LogP contribution in [0.15, 0.2) is 0 Å². The smallest absolute Gasteiger partial charge is 0.302 e. The molecule has 0 radical (unpaired) electrons. The molecule has 0 aromatic carbocycles. The first kappa shape index (κ1) is 19.1. The Kier molecular flexibility index (Phi) is 4.55. The van der Waals surface area contributed by atoms with Crippen LogP contribution in [0.1, 0.15) is 79.1 Å². The normalized spacial score (nSPS) is 49.0. The molecule has 4 aliphatic rings. The molecule has 0 N–H and O–H groups in total. The lowest BCUT2D eigenvalue weighted by atomic mass is 9.44. The number of carbonyl (C=O) groups is 3. The minimum atomic E-state index is -0.192. The van der Waals surface area contributed by atoms with E-state index in [0.29, 0.717) is 30.0 Å². The van der Waals surface area contributed by atoms with E-state index < -0.39 is 0 Å². The van der Waals surface area contributed by atoms with Gasteiger partial charge >= 0.3 is 5.97 Å². The number of ketones is 2. The lowest BCUT2D eigenvalue weighted by Crippen LogP contribution is -2.58. The zero-order valence-electron chi connectivity index (χ0n) is 17.3. The quantitative estimate of drug-likeness (QED) is 0.675. The monoisotopic (exact) mass is 374 g/mol. The first-order valence-electron chi connectivity index (χ1n) is 10.9. The van der Waals surface area contributed by atoms with Gasteiger partial charge in [0.25, 0.3) is 0 Å². The Hall–Kier alpha value is -1.19. The van der Waals surface area contributed by atoms with E-state index in [1.165, 1.54) is 6.92 Å². The van der Waals surface area contributed by atoms with Gasteiger partial charge in [-0.15, -0.1) is 0 Å². The van der Waals surface area contributed by atoms with Crippen LogP contribution in [0.25, 0.3) is 0 Å². The third-order valence-electron chi connectivity index (χ3n) is 9.12. The molecule has 4 aliphatic carbocycles. The molecule has 27 heavy (non-hydrogen) atoms. The van der Waals surface area contributed by atoms with Gasteiger partial charge in [0.05, 0.1) is 0 Å². The van der Waals surface area contributed by atoms with Crippen LogP contribution < -0.4 is 0 Å². The van der Waals surface area contributed by atoms with Crippen molar-refractivity contribution in [2.75, 3.05) is 0 Å². The molecule has 150 valence electrons. The van der Waals surface area contributed by atoms with Crippen LogP contribution in [0.4, 0.5) is 0 Å². The second-order valence-corrected chi connectivity index (χ2v) is 10.4. The minimum Gasteiger partial charge on any atom is -0.463 e. The van der Waals surface area contributed by atoms with Crippen molar-refractivity contribution in [1.82, 2.24) is 0 Å². The summed E-state index contributed by atoms with van der Waals surface area (Å²) in [4.78, 5) is 37.1. The number of rotatable bonds is 2. The SMILES string of the molecule is CC(=O)O[C@@H]1CC[C@@]2(C)[C@@H](CC[C@H]3[C@H]4CC[C@H](C(C)=O)[C@@]4(C)CC(=O)[C@H]32)C1. The third-order valence-corrected chi connectivity index (χ3v) is 9.12. The number of hydrogen-bond acceptors (Lipinski definition) is 4. The van der Waals surface area contributed by atoms with Gasteiger partial charge < -0.3 is 4.74 Å². The van der Waals surface area contributed by atoms with Crippen molar-refractivity contribution in [3.63, 3.8) is 0 Å². The van der Waals surface area contributed by atoms with Gasteiger partial charge in [0, 0.05) is 25.2 Å². The van der Waals surface area contributed by atoms with E-state index in [2.05, 4.69) is 13.8 Å². The fourth-order valence-corrected chi connectivity index (χ4v) is 8.04. The number of Topliss-reactive ketones (excluding diaryl/α,β-unsaturated/α-hetero) is 2. The molecule has 4 rings (SSSR count). The zero-order chi connectivity index (χ0) is 19.6. The van der Waals surface area contributed by atoms with E-state index in [1.54, 1.807) is 6.92 Å². The van der Waals surface area contributed by atoms with Gasteiger partial charge in [-0.25, -0.2) is 0 Å². The Morgan fingerprint density at radius 1 is 1.00 bits per heavy atom. The summed E-state index contributed by atoms with van der Waals surface area (Å²) in [6, 6.07) is 0. The van der Waals surface area contributed by atoms with E-state index in [1.807, 2.05) is 0 Å². The molecule has 0 saturated heterocycles. The van der Waals surface area contributed by atoms with Crippen LogP contribution in [0.5, 0.6) is 0 Å². The molecular formula is C23H34O4. The van der Waals surface area contributed by atoms with E-state index >= 15 is 0 Å². The van der Waals surface area contributed by atoms with Crippen molar-refractivity contribution in [2.45, 2.75) is 85.2 Å². The summed E-state index contributed by atoms with van der Waals surface area (Å²) in [5.74, 6) is 2.11. The zero-order valence-corrected chi connectivity index (χ0v) is 17.3. The van der Waals surface area contributed by atoms with Crippen molar-refractivity contribution < 1.29 is 19.1 Å². The molecule has 4 nitrogen and oxygen atoms in total. The minimum absolute atomic E-state index is 0.0228. The first-order chi connectivity index (χ1) is 12.7. The Morgan fingerprint density at radius 3 is 2.41 bits per heavy atom. The summed E-state index contributed by atoms with van der Waals surface area (Å²) in [5.41, 5.74) is -0.0888. The lowest BCUT2D eigenvalue weighted by Gasteiger charge is -2.59. The maximum Gasteiger partial charge on any atom is 0.302 e. The number of fused-ring (bicyclic) bond motifs is 5. The topological polar surface area (TPSA) is 60.4 Å². The van der Waals surface area contributed by atoms with E-state index in [-0.39, 0.29) is 40.5 Å². The largest absolute Gasteiger partial charge is 0.463 e. The molecule has 0 spiro atoms. The number of hydrogen-bond donors (Lipinski definition) is 0. The standard InChI is InChI=1S/C23H34O4/c1-13(24)18-7-8-19-17-6-5-15-11-16(27-14(2)25)9-10-22(15,3)21(17)20(26)12-23(18,19)4/h15-19,21H,5-12H2,1-4H3/t15-,16+,17-,18+,19+,21-,22-,23+/m0/s1. The van der Waals surface area contributed by atoms with Crippen LogP contribution in [0.3, 0.4) is 0 Å². The van der Waals surface area contributed by atoms with Gasteiger partial charge in [-0.05, 0) is 80.5 Å². The van der Waals surface area contributed by atoms with Crippen molar-refractivity contribution in [2.24, 2.45) is 40.4 Å². The van der Waals surface area contributed by atoms with Gasteiger partial charge in [0.2, 0.25) is 0 Å². The second-order valence-electron chi connectivity index (χ2n) is 10.4. The van der Waals surface area contributed by atoms with Gasteiger partial charge in [0.1, 0.15) is 17.7 Å². The highest BCUT2D eigenvalue weighted by Gasteiger charge is 2.63. The van der Waals surface area contributed by atoms with E-state index in [4.69, 9.17) is 4.74 Å². The van der Waals surface area contributed by atoms with Gasteiger partial charge in [-0.3, -0.25) is 14.4 Å². The molecule has 0 aromatic rings. The molecule has 4 heteroatoms. The predicted molar refractivity (Wildman–Crippen MR) is 102 cm³/mol. The maximum absolute atomic E-state index is 13.5. The molecule has 0 aliphatic heterocycles. The third kappa shape index (κ3) is 2.81. The van der Waals surface area contributed by atoms with Gasteiger partial charge in [-0.2, -0.15) is 0 Å². The summed E-state index contributed by atoms with van der Waals surface area (Å²) < 4.78 is 5.51. The highest BCUT2D eigenvalue weighted by atomic mass is 16.5. The molecule has 4 fully saturated rings. The Morgan fingerprint density at radius 2 is 1.74 bits per heavy atom. The molecule has 0 heterocycles. The molecule has 4 saturated carbocycles. The summed E-state index contributed by atoms with van der Waals surface area (Å²) in [7, 11) is 0. The molecule has 0 unspecified atom stereocenters. The second kappa shape index (κ2) is 6.42. The summed E-state index contributed by atoms with van der Waals surface area (Å²) in [6.45, 7) is 7.75. The lowest BCUT2D eigenvalue weighted by molar-refractivity contribution is -0.169. The molecule has 0 bridgehead atoms. The van der Waals surface area contributed by atoms with Crippen molar-refractivity contribution in [3.05, 3.63) is 0 Å². The number of ether oxygens (including phenoxy) is 1. The van der Waals surface area contributed by atoms with E-state index in [0.717, 1.165) is 44.9 Å². The highest BCUT2D eigenvalue weighted by Crippen LogP contribution is 2.66. The molecular weight excluding hydrogens is 340 g/mol. The van der Waals surface area contributed by atoms with Gasteiger partial charge in [0.15, 0.2) is 0 Å². The van der Waals surface area contributed by atoms with Crippen molar-refractivity contribution >= 4 is 17.5 Å². The summed E-state index contributed by atoms with van der Waals surface area (Å²) >= 11 is 0. The average molecular weight is 375 g/mol. The predicted octanol–water partition coefficient (Wildman–Crippen LogP) is 4.35. The fraction of sp³-hybridized carbons (Fsp3) is 0.870. The summed E-state index contributed by atoms with van der Waals surface area (Å²) in [5, 5.41) is 0. The van der Waals surface area contributed by atoms with Crippen LogP contribution in [0, 0.1) is 40.4 Å². The van der Waals surface area contributed by atoms with Crippen molar-refractivity contribution in [3.8, 4) is 0 Å². The Balaban J connectivity index is 1.60. The van der Waals surface area contributed by atoms with Crippen LogP contribution >= 0.6 is 0 Å². The molecule has 0 aromatic heterocycles. The van der Waals surface area contributed by atoms with Crippen molar-refractivity contribution in [1.29, 1.82) is 0 Å². The number of carbonyl (C=O) groups excluding carboxylic acids is 3. The van der Waals surface area contributed by atoms with Crippen LogP contribution in [-0.4, -0.2) is 23.6 Å². The maximum atomic E-state index is 13.5.